The second-order valence-corrected chi connectivity index (χ2v) is 3.99. The summed E-state index contributed by atoms with van der Waals surface area (Å²) in [6, 6.07) is 6.86. The van der Waals surface area contributed by atoms with Crippen LogP contribution in [0.4, 0.5) is 0 Å². The van der Waals surface area contributed by atoms with Crippen molar-refractivity contribution in [1.29, 1.82) is 0 Å². The second kappa shape index (κ2) is 6.54. The van der Waals surface area contributed by atoms with E-state index in [4.69, 9.17) is 10.5 Å². The SMILES string of the molecule is C/C=C(C(=O)OC)/C(=C(/C)N)c1ccc(C=O)cc1. The van der Waals surface area contributed by atoms with Crippen molar-refractivity contribution in [3.63, 3.8) is 0 Å². The first kappa shape index (κ1) is 14.7. The van der Waals surface area contributed by atoms with Crippen molar-refractivity contribution < 1.29 is 14.3 Å². The molecule has 0 heterocycles. The topological polar surface area (TPSA) is 69.4 Å². The van der Waals surface area contributed by atoms with E-state index in [1.807, 2.05) is 0 Å². The molecule has 0 atom stereocenters. The third-order valence-corrected chi connectivity index (χ3v) is 2.69. The standard InChI is InChI=1S/C15H17NO3/c1-4-13(15(18)19-3)14(10(2)16)12-7-5-11(9-17)6-8-12/h4-9H,16H2,1-3H3/b13-4-,14-10-. The zero-order valence-electron chi connectivity index (χ0n) is 11.3. The third kappa shape index (κ3) is 3.31. The molecule has 0 aliphatic rings. The molecular formula is C15H17NO3. The van der Waals surface area contributed by atoms with Crippen LogP contribution in [0.25, 0.3) is 5.57 Å². The molecular weight excluding hydrogens is 242 g/mol. The number of ether oxygens (including phenoxy) is 1. The number of nitrogens with two attached hydrogens (primary N) is 1. The van der Waals surface area contributed by atoms with E-state index in [1.54, 1.807) is 44.2 Å². The lowest BCUT2D eigenvalue weighted by Gasteiger charge is -2.12. The summed E-state index contributed by atoms with van der Waals surface area (Å²) in [6.45, 7) is 3.46. The molecule has 0 unspecified atom stereocenters. The molecule has 2 N–H and O–H groups in total. The number of allylic oxidation sites excluding steroid dienone is 2. The predicted molar refractivity (Wildman–Crippen MR) is 74.4 cm³/mol. The Balaban J connectivity index is 3.33. The predicted octanol–water partition coefficient (Wildman–Crippen LogP) is 2.31. The number of hydrogen-bond donors (Lipinski definition) is 1. The van der Waals surface area contributed by atoms with E-state index in [0.29, 0.717) is 22.4 Å². The molecule has 0 bridgehead atoms. The van der Waals surface area contributed by atoms with Crippen LogP contribution in [0.5, 0.6) is 0 Å². The van der Waals surface area contributed by atoms with Crippen molar-refractivity contribution in [2.75, 3.05) is 7.11 Å². The van der Waals surface area contributed by atoms with Crippen molar-refractivity contribution >= 4 is 17.8 Å². The quantitative estimate of drug-likeness (QED) is 0.390. The summed E-state index contributed by atoms with van der Waals surface area (Å²) in [7, 11) is 1.32. The number of carbonyl (C=O) groups is 2. The van der Waals surface area contributed by atoms with Gasteiger partial charge in [0.1, 0.15) is 6.29 Å². The van der Waals surface area contributed by atoms with Crippen LogP contribution >= 0.6 is 0 Å². The van der Waals surface area contributed by atoms with Gasteiger partial charge in [-0.2, -0.15) is 0 Å². The van der Waals surface area contributed by atoms with Gasteiger partial charge in [-0.15, -0.1) is 0 Å². The van der Waals surface area contributed by atoms with Crippen LogP contribution in [-0.4, -0.2) is 19.4 Å². The number of benzene rings is 1. The van der Waals surface area contributed by atoms with Crippen molar-refractivity contribution in [2.45, 2.75) is 13.8 Å². The van der Waals surface area contributed by atoms with Crippen molar-refractivity contribution in [3.8, 4) is 0 Å². The molecule has 1 aromatic carbocycles. The Bertz CT molecular complexity index is 535. The Morgan fingerprint density at radius 2 is 1.84 bits per heavy atom. The molecule has 100 valence electrons. The average molecular weight is 259 g/mol. The molecule has 4 heteroatoms. The molecule has 0 saturated carbocycles. The lowest BCUT2D eigenvalue weighted by atomic mass is 9.95. The van der Waals surface area contributed by atoms with Crippen LogP contribution in [0.15, 0.2) is 41.6 Å². The van der Waals surface area contributed by atoms with Gasteiger partial charge in [-0.05, 0) is 19.4 Å². The Morgan fingerprint density at radius 1 is 1.26 bits per heavy atom. The summed E-state index contributed by atoms with van der Waals surface area (Å²) in [6.07, 6.45) is 2.42. The highest BCUT2D eigenvalue weighted by molar-refractivity contribution is 6.06. The molecule has 0 saturated heterocycles. The number of hydrogen-bond acceptors (Lipinski definition) is 4. The van der Waals surface area contributed by atoms with Gasteiger partial charge in [0.2, 0.25) is 0 Å². The minimum atomic E-state index is -0.443. The lowest BCUT2D eigenvalue weighted by Crippen LogP contribution is -2.10. The molecule has 0 fully saturated rings. The number of methoxy groups -OCH3 is 1. The summed E-state index contributed by atoms with van der Waals surface area (Å²) in [4.78, 5) is 22.4. The van der Waals surface area contributed by atoms with Crippen molar-refractivity contribution in [2.24, 2.45) is 5.73 Å². The van der Waals surface area contributed by atoms with Gasteiger partial charge in [-0.25, -0.2) is 4.79 Å². The number of carbonyl (C=O) groups excluding carboxylic acids is 2. The maximum Gasteiger partial charge on any atom is 0.338 e. The van der Waals surface area contributed by atoms with Crippen molar-refractivity contribution in [1.82, 2.24) is 0 Å². The van der Waals surface area contributed by atoms with Gasteiger partial charge in [0.25, 0.3) is 0 Å². The van der Waals surface area contributed by atoms with E-state index < -0.39 is 5.97 Å². The van der Waals surface area contributed by atoms with Gasteiger partial charge in [-0.3, -0.25) is 4.79 Å². The highest BCUT2D eigenvalue weighted by Gasteiger charge is 2.17. The summed E-state index contributed by atoms with van der Waals surface area (Å²) in [5.74, 6) is -0.443. The van der Waals surface area contributed by atoms with Crippen LogP contribution in [-0.2, 0) is 9.53 Å². The summed E-state index contributed by atoms with van der Waals surface area (Å²) in [5, 5.41) is 0. The van der Waals surface area contributed by atoms with E-state index >= 15 is 0 Å². The highest BCUT2D eigenvalue weighted by Crippen LogP contribution is 2.26. The van der Waals surface area contributed by atoms with E-state index in [1.165, 1.54) is 7.11 Å². The molecule has 0 aliphatic carbocycles. The van der Waals surface area contributed by atoms with E-state index in [0.717, 1.165) is 11.8 Å². The van der Waals surface area contributed by atoms with Gasteiger partial charge in [-0.1, -0.05) is 30.3 Å². The maximum atomic E-state index is 11.7. The van der Waals surface area contributed by atoms with Gasteiger partial charge < -0.3 is 10.5 Å². The lowest BCUT2D eigenvalue weighted by molar-refractivity contribution is -0.135. The first-order valence-corrected chi connectivity index (χ1v) is 5.82. The molecule has 1 rings (SSSR count). The maximum absolute atomic E-state index is 11.7. The molecule has 4 nitrogen and oxygen atoms in total. The molecule has 0 aromatic heterocycles. The van der Waals surface area contributed by atoms with Gasteiger partial charge in [0, 0.05) is 16.8 Å². The smallest absolute Gasteiger partial charge is 0.338 e. The Labute approximate surface area is 112 Å². The monoisotopic (exact) mass is 259 g/mol. The Hall–Kier alpha value is -2.36. The summed E-state index contributed by atoms with van der Waals surface area (Å²) >= 11 is 0. The van der Waals surface area contributed by atoms with E-state index in [9.17, 15) is 9.59 Å². The van der Waals surface area contributed by atoms with E-state index in [2.05, 4.69) is 0 Å². The van der Waals surface area contributed by atoms with Crippen LogP contribution < -0.4 is 5.73 Å². The molecule has 0 spiro atoms. The fourth-order valence-electron chi connectivity index (χ4n) is 1.80. The van der Waals surface area contributed by atoms with Gasteiger partial charge in [0.15, 0.2) is 0 Å². The second-order valence-electron chi connectivity index (χ2n) is 3.99. The molecule has 1 aromatic rings. The van der Waals surface area contributed by atoms with Crippen molar-refractivity contribution in [3.05, 3.63) is 52.7 Å². The fraction of sp³-hybridized carbons (Fsp3) is 0.200. The largest absolute Gasteiger partial charge is 0.465 e. The first-order chi connectivity index (χ1) is 9.04. The zero-order chi connectivity index (χ0) is 14.4. The molecule has 19 heavy (non-hydrogen) atoms. The highest BCUT2D eigenvalue weighted by atomic mass is 16.5. The Morgan fingerprint density at radius 3 is 2.21 bits per heavy atom. The van der Waals surface area contributed by atoms with Crippen LogP contribution in [0.1, 0.15) is 29.8 Å². The van der Waals surface area contributed by atoms with Gasteiger partial charge >= 0.3 is 5.97 Å². The molecule has 0 radical (unpaired) electrons. The minimum absolute atomic E-state index is 0.404. The number of esters is 1. The average Bonchev–Trinajstić information content (AvgIpc) is 2.43. The summed E-state index contributed by atoms with van der Waals surface area (Å²) < 4.78 is 4.75. The van der Waals surface area contributed by atoms with Crippen LogP contribution in [0.3, 0.4) is 0 Å². The van der Waals surface area contributed by atoms with Crippen LogP contribution in [0.2, 0.25) is 0 Å². The third-order valence-electron chi connectivity index (χ3n) is 2.69. The zero-order valence-corrected chi connectivity index (χ0v) is 11.3. The molecule has 0 amide bonds. The number of aldehydes is 1. The normalized spacial score (nSPS) is 12.7. The summed E-state index contributed by atoms with van der Waals surface area (Å²) in [5.41, 5.74) is 8.74. The van der Waals surface area contributed by atoms with Crippen LogP contribution in [0, 0.1) is 0 Å². The minimum Gasteiger partial charge on any atom is -0.465 e. The molecule has 0 aliphatic heterocycles. The van der Waals surface area contributed by atoms with E-state index in [-0.39, 0.29) is 0 Å². The Kier molecular flexibility index (Phi) is 5.06. The van der Waals surface area contributed by atoms with Gasteiger partial charge in [0.05, 0.1) is 12.7 Å². The fourth-order valence-corrected chi connectivity index (χ4v) is 1.80. The number of rotatable bonds is 4. The first-order valence-electron chi connectivity index (χ1n) is 5.82.